The summed E-state index contributed by atoms with van der Waals surface area (Å²) in [5, 5.41) is 0. The number of carbonyl (C=O) groups excluding carboxylic acids is 1. The molecule has 1 saturated carbocycles. The molecule has 2 rings (SSSR count). The van der Waals surface area contributed by atoms with Crippen LogP contribution in [0.15, 0.2) is 12.1 Å². The van der Waals surface area contributed by atoms with Crippen LogP contribution in [0.3, 0.4) is 0 Å². The van der Waals surface area contributed by atoms with Crippen molar-refractivity contribution in [2.75, 3.05) is 13.6 Å². The van der Waals surface area contributed by atoms with E-state index in [2.05, 4.69) is 31.0 Å². The van der Waals surface area contributed by atoms with E-state index in [4.69, 9.17) is 0 Å². The lowest BCUT2D eigenvalue weighted by atomic mass is 9.93. The number of carbonyl (C=O) groups is 1. The van der Waals surface area contributed by atoms with Crippen molar-refractivity contribution in [3.8, 4) is 0 Å². The van der Waals surface area contributed by atoms with Crippen LogP contribution in [0, 0.1) is 20.8 Å². The minimum Gasteiger partial charge on any atom is -0.296 e. The Balaban J connectivity index is 2.08. The van der Waals surface area contributed by atoms with Gasteiger partial charge in [-0.2, -0.15) is 0 Å². The summed E-state index contributed by atoms with van der Waals surface area (Å²) in [5.41, 5.74) is 4.39. The second-order valence-electron chi connectivity index (χ2n) is 6.40. The summed E-state index contributed by atoms with van der Waals surface area (Å²) in [6, 6.07) is 4.82. The van der Waals surface area contributed by atoms with Gasteiger partial charge < -0.3 is 0 Å². The molecule has 1 aliphatic rings. The zero-order valence-corrected chi connectivity index (χ0v) is 13.3. The first-order valence-corrected chi connectivity index (χ1v) is 7.80. The zero-order valence-electron chi connectivity index (χ0n) is 13.3. The first kappa shape index (κ1) is 15.2. The predicted molar refractivity (Wildman–Crippen MR) is 84.5 cm³/mol. The fraction of sp³-hybridized carbons (Fsp3) is 0.611. The quantitative estimate of drug-likeness (QED) is 0.771. The number of nitrogens with zero attached hydrogens (tertiary/aromatic N) is 1. The van der Waals surface area contributed by atoms with Crippen LogP contribution in [0.4, 0.5) is 0 Å². The Morgan fingerprint density at radius 1 is 1.10 bits per heavy atom. The van der Waals surface area contributed by atoms with E-state index in [1.165, 1.54) is 37.7 Å². The summed E-state index contributed by atoms with van der Waals surface area (Å²) < 4.78 is 0. The Labute approximate surface area is 123 Å². The molecule has 0 aromatic heterocycles. The molecule has 0 radical (unpaired) electrons. The number of aryl methyl sites for hydroxylation is 3. The molecular weight excluding hydrogens is 246 g/mol. The number of hydrogen-bond acceptors (Lipinski definition) is 2. The van der Waals surface area contributed by atoms with Gasteiger partial charge >= 0.3 is 0 Å². The largest absolute Gasteiger partial charge is 0.296 e. The van der Waals surface area contributed by atoms with Crippen molar-refractivity contribution in [3.05, 3.63) is 34.4 Å². The van der Waals surface area contributed by atoms with Crippen molar-refractivity contribution in [2.24, 2.45) is 0 Å². The van der Waals surface area contributed by atoms with Gasteiger partial charge in [0.1, 0.15) is 0 Å². The molecule has 110 valence electrons. The maximum absolute atomic E-state index is 12.6. The van der Waals surface area contributed by atoms with Crippen molar-refractivity contribution in [2.45, 2.75) is 58.9 Å². The Morgan fingerprint density at radius 3 is 2.20 bits per heavy atom. The van der Waals surface area contributed by atoms with Gasteiger partial charge in [0.05, 0.1) is 6.54 Å². The van der Waals surface area contributed by atoms with Gasteiger partial charge in [-0.1, -0.05) is 37.0 Å². The smallest absolute Gasteiger partial charge is 0.177 e. The molecule has 0 unspecified atom stereocenters. The third-order valence-electron chi connectivity index (χ3n) is 4.55. The number of likely N-dealkylation sites (N-methyl/N-ethyl adjacent to an activating group) is 1. The van der Waals surface area contributed by atoms with E-state index >= 15 is 0 Å². The first-order valence-electron chi connectivity index (χ1n) is 7.80. The Bertz CT molecular complexity index is 463. The van der Waals surface area contributed by atoms with Gasteiger partial charge in [-0.3, -0.25) is 9.69 Å². The number of benzene rings is 1. The molecule has 0 spiro atoms. The maximum Gasteiger partial charge on any atom is 0.177 e. The molecule has 0 atom stereocenters. The molecule has 20 heavy (non-hydrogen) atoms. The SMILES string of the molecule is Cc1cc(C)c(C(=O)CN(C)C2CCCCC2)c(C)c1. The Morgan fingerprint density at radius 2 is 1.65 bits per heavy atom. The first-order chi connectivity index (χ1) is 9.49. The van der Waals surface area contributed by atoms with Crippen molar-refractivity contribution < 1.29 is 4.79 Å². The topological polar surface area (TPSA) is 20.3 Å². The lowest BCUT2D eigenvalue weighted by molar-refractivity contribution is 0.0898. The third kappa shape index (κ3) is 3.49. The molecule has 2 heteroatoms. The van der Waals surface area contributed by atoms with Crippen LogP contribution in [0.25, 0.3) is 0 Å². The molecule has 0 saturated heterocycles. The van der Waals surface area contributed by atoms with E-state index in [9.17, 15) is 4.79 Å². The van der Waals surface area contributed by atoms with Gasteiger partial charge in [-0.05, 0) is 51.8 Å². The zero-order chi connectivity index (χ0) is 14.7. The van der Waals surface area contributed by atoms with Crippen molar-refractivity contribution >= 4 is 5.78 Å². The summed E-state index contributed by atoms with van der Waals surface area (Å²) in [6.45, 7) is 6.74. The van der Waals surface area contributed by atoms with E-state index in [0.717, 1.165) is 16.7 Å². The molecule has 2 nitrogen and oxygen atoms in total. The van der Waals surface area contributed by atoms with E-state index in [1.807, 2.05) is 13.8 Å². The van der Waals surface area contributed by atoms with Gasteiger partial charge in [-0.25, -0.2) is 0 Å². The van der Waals surface area contributed by atoms with Gasteiger partial charge in [0.25, 0.3) is 0 Å². The highest BCUT2D eigenvalue weighted by Crippen LogP contribution is 2.23. The Kier molecular flexibility index (Phi) is 4.98. The van der Waals surface area contributed by atoms with Crippen LogP contribution in [0.5, 0.6) is 0 Å². The van der Waals surface area contributed by atoms with Gasteiger partial charge in [0.15, 0.2) is 5.78 Å². The molecule has 0 N–H and O–H groups in total. The minimum absolute atomic E-state index is 0.271. The molecule has 1 aliphatic carbocycles. The lowest BCUT2D eigenvalue weighted by Gasteiger charge is -2.30. The molecule has 1 fully saturated rings. The standard InChI is InChI=1S/C18H27NO/c1-13-10-14(2)18(15(3)11-13)17(20)12-19(4)16-8-6-5-7-9-16/h10-11,16H,5-9,12H2,1-4H3. The molecule has 1 aromatic carbocycles. The highest BCUT2D eigenvalue weighted by atomic mass is 16.1. The summed E-state index contributed by atoms with van der Waals surface area (Å²) in [5.74, 6) is 0.271. The average molecular weight is 273 g/mol. The molecule has 0 aliphatic heterocycles. The number of ketones is 1. The van der Waals surface area contributed by atoms with Crippen LogP contribution in [-0.2, 0) is 0 Å². The fourth-order valence-corrected chi connectivity index (χ4v) is 3.58. The fourth-order valence-electron chi connectivity index (χ4n) is 3.58. The van der Waals surface area contributed by atoms with E-state index in [0.29, 0.717) is 12.6 Å². The minimum atomic E-state index is 0.271. The highest BCUT2D eigenvalue weighted by molar-refractivity contribution is 6.00. The summed E-state index contributed by atoms with van der Waals surface area (Å²) in [7, 11) is 2.10. The average Bonchev–Trinajstić information content (AvgIpc) is 2.38. The van der Waals surface area contributed by atoms with Gasteiger partial charge in [-0.15, -0.1) is 0 Å². The van der Waals surface area contributed by atoms with Crippen LogP contribution in [0.1, 0.15) is 59.2 Å². The van der Waals surface area contributed by atoms with Crippen LogP contribution in [0.2, 0.25) is 0 Å². The number of Topliss-reactive ketones (excluding diaryl/α,β-unsaturated/α-hetero) is 1. The van der Waals surface area contributed by atoms with Crippen molar-refractivity contribution in [3.63, 3.8) is 0 Å². The van der Waals surface area contributed by atoms with E-state index < -0.39 is 0 Å². The van der Waals surface area contributed by atoms with Crippen LogP contribution < -0.4 is 0 Å². The van der Waals surface area contributed by atoms with E-state index in [-0.39, 0.29) is 5.78 Å². The van der Waals surface area contributed by atoms with Crippen LogP contribution >= 0.6 is 0 Å². The number of rotatable bonds is 4. The number of hydrogen-bond donors (Lipinski definition) is 0. The van der Waals surface area contributed by atoms with Crippen LogP contribution in [-0.4, -0.2) is 30.3 Å². The monoisotopic (exact) mass is 273 g/mol. The maximum atomic E-state index is 12.6. The molecule has 0 heterocycles. The predicted octanol–water partition coefficient (Wildman–Crippen LogP) is 4.06. The van der Waals surface area contributed by atoms with Gasteiger partial charge in [0, 0.05) is 11.6 Å². The normalized spacial score (nSPS) is 16.6. The summed E-state index contributed by atoms with van der Waals surface area (Å²) in [4.78, 5) is 14.9. The van der Waals surface area contributed by atoms with Crippen molar-refractivity contribution in [1.29, 1.82) is 0 Å². The molecule has 0 bridgehead atoms. The Hall–Kier alpha value is -1.15. The molecule has 1 aromatic rings. The summed E-state index contributed by atoms with van der Waals surface area (Å²) in [6.07, 6.45) is 6.47. The lowest BCUT2D eigenvalue weighted by Crippen LogP contribution is -2.37. The second-order valence-corrected chi connectivity index (χ2v) is 6.40. The molecule has 0 amide bonds. The molecular formula is C18H27NO. The summed E-state index contributed by atoms with van der Waals surface area (Å²) >= 11 is 0. The van der Waals surface area contributed by atoms with E-state index in [1.54, 1.807) is 0 Å². The third-order valence-corrected chi connectivity index (χ3v) is 4.55. The van der Waals surface area contributed by atoms with Crippen molar-refractivity contribution in [1.82, 2.24) is 4.90 Å². The highest BCUT2D eigenvalue weighted by Gasteiger charge is 2.21. The van der Waals surface area contributed by atoms with Gasteiger partial charge in [0.2, 0.25) is 0 Å². The second kappa shape index (κ2) is 6.53.